The van der Waals surface area contributed by atoms with Gasteiger partial charge in [-0.3, -0.25) is 4.79 Å². The fourth-order valence-corrected chi connectivity index (χ4v) is 2.27. The van der Waals surface area contributed by atoms with Gasteiger partial charge in [-0.15, -0.1) is 0 Å². The average molecular weight is 373 g/mol. The molecule has 0 radical (unpaired) electrons. The van der Waals surface area contributed by atoms with Crippen LogP contribution in [0.3, 0.4) is 0 Å². The van der Waals surface area contributed by atoms with E-state index in [1.54, 1.807) is 0 Å². The van der Waals surface area contributed by atoms with Gasteiger partial charge in [0.15, 0.2) is 0 Å². The SMILES string of the molecule is O=C(O)c1ccc(NC(=O)c2cccc(Br)c2F)cc1Cl. The summed E-state index contributed by atoms with van der Waals surface area (Å²) < 4.78 is 14.0. The number of aromatic carboxylic acids is 1. The Morgan fingerprint density at radius 1 is 1.19 bits per heavy atom. The lowest BCUT2D eigenvalue weighted by atomic mass is 10.1. The van der Waals surface area contributed by atoms with Gasteiger partial charge < -0.3 is 10.4 Å². The van der Waals surface area contributed by atoms with Crippen LogP contribution in [0.4, 0.5) is 10.1 Å². The number of anilines is 1. The summed E-state index contributed by atoms with van der Waals surface area (Å²) in [6.45, 7) is 0. The van der Waals surface area contributed by atoms with Crippen LogP contribution in [0.25, 0.3) is 0 Å². The lowest BCUT2D eigenvalue weighted by molar-refractivity contribution is 0.0697. The number of carbonyl (C=O) groups is 2. The first-order valence-corrected chi connectivity index (χ1v) is 6.85. The number of benzene rings is 2. The Morgan fingerprint density at radius 2 is 1.90 bits per heavy atom. The van der Waals surface area contributed by atoms with Crippen molar-refractivity contribution >= 4 is 45.1 Å². The molecule has 2 aromatic carbocycles. The van der Waals surface area contributed by atoms with Crippen molar-refractivity contribution in [1.82, 2.24) is 0 Å². The van der Waals surface area contributed by atoms with E-state index in [0.29, 0.717) is 0 Å². The molecule has 0 spiro atoms. The Labute approximate surface area is 132 Å². The Kier molecular flexibility index (Phi) is 4.59. The van der Waals surface area contributed by atoms with Crippen LogP contribution in [0.5, 0.6) is 0 Å². The molecule has 0 unspecified atom stereocenters. The smallest absolute Gasteiger partial charge is 0.337 e. The lowest BCUT2D eigenvalue weighted by Gasteiger charge is -2.08. The summed E-state index contributed by atoms with van der Waals surface area (Å²) in [7, 11) is 0. The highest BCUT2D eigenvalue weighted by Crippen LogP contribution is 2.23. The van der Waals surface area contributed by atoms with Crippen molar-refractivity contribution in [3.8, 4) is 0 Å². The topological polar surface area (TPSA) is 66.4 Å². The lowest BCUT2D eigenvalue weighted by Crippen LogP contribution is -2.14. The second-order valence-electron chi connectivity index (χ2n) is 4.06. The van der Waals surface area contributed by atoms with E-state index >= 15 is 0 Å². The first kappa shape index (κ1) is 15.5. The molecule has 2 aromatic rings. The van der Waals surface area contributed by atoms with Gasteiger partial charge in [0.05, 0.1) is 20.6 Å². The summed E-state index contributed by atoms with van der Waals surface area (Å²) >= 11 is 8.79. The number of hydrogen-bond acceptors (Lipinski definition) is 2. The van der Waals surface area contributed by atoms with Crippen LogP contribution >= 0.6 is 27.5 Å². The summed E-state index contributed by atoms with van der Waals surface area (Å²) in [5, 5.41) is 11.3. The maximum Gasteiger partial charge on any atom is 0.337 e. The van der Waals surface area contributed by atoms with Crippen LogP contribution in [0.15, 0.2) is 40.9 Å². The predicted octanol–water partition coefficient (Wildman–Crippen LogP) is 4.19. The highest BCUT2D eigenvalue weighted by atomic mass is 79.9. The third kappa shape index (κ3) is 3.40. The van der Waals surface area contributed by atoms with E-state index in [-0.39, 0.29) is 26.3 Å². The number of nitrogens with one attached hydrogen (secondary N) is 1. The molecule has 0 heterocycles. The molecule has 0 aliphatic carbocycles. The minimum atomic E-state index is -1.17. The van der Waals surface area contributed by atoms with Crippen molar-refractivity contribution in [3.05, 3.63) is 62.8 Å². The van der Waals surface area contributed by atoms with E-state index in [1.165, 1.54) is 36.4 Å². The van der Waals surface area contributed by atoms with Crippen LogP contribution < -0.4 is 5.32 Å². The van der Waals surface area contributed by atoms with Crippen molar-refractivity contribution < 1.29 is 19.1 Å². The minimum absolute atomic E-state index is 0.0185. The fraction of sp³-hybridized carbons (Fsp3) is 0. The molecule has 0 aliphatic rings. The largest absolute Gasteiger partial charge is 0.478 e. The van der Waals surface area contributed by atoms with E-state index in [1.807, 2.05) is 0 Å². The molecule has 0 atom stereocenters. The number of carboxylic acid groups (broad SMARTS) is 1. The summed E-state index contributed by atoms with van der Waals surface area (Å²) in [6.07, 6.45) is 0. The molecule has 4 nitrogen and oxygen atoms in total. The number of halogens is 3. The molecule has 21 heavy (non-hydrogen) atoms. The number of amides is 1. The van der Waals surface area contributed by atoms with E-state index in [4.69, 9.17) is 16.7 Å². The van der Waals surface area contributed by atoms with Crippen molar-refractivity contribution in [1.29, 1.82) is 0 Å². The standard InChI is InChI=1S/C14H8BrClFNO3/c15-10-3-1-2-9(12(10)17)13(19)18-7-4-5-8(14(20)21)11(16)6-7/h1-6H,(H,18,19)(H,20,21). The average Bonchev–Trinajstić information content (AvgIpc) is 2.41. The van der Waals surface area contributed by atoms with Crippen molar-refractivity contribution in [2.75, 3.05) is 5.32 Å². The van der Waals surface area contributed by atoms with Gasteiger partial charge in [0.2, 0.25) is 0 Å². The van der Waals surface area contributed by atoms with Gasteiger partial charge in [-0.1, -0.05) is 17.7 Å². The zero-order valence-corrected chi connectivity index (χ0v) is 12.7. The molecular formula is C14H8BrClFNO3. The second kappa shape index (κ2) is 6.24. The second-order valence-corrected chi connectivity index (χ2v) is 5.32. The third-order valence-corrected chi connectivity index (χ3v) is 3.58. The minimum Gasteiger partial charge on any atom is -0.478 e. The van der Waals surface area contributed by atoms with Gasteiger partial charge in [0, 0.05) is 5.69 Å². The van der Waals surface area contributed by atoms with Gasteiger partial charge >= 0.3 is 5.97 Å². The van der Waals surface area contributed by atoms with Gasteiger partial charge in [-0.2, -0.15) is 0 Å². The molecule has 0 aromatic heterocycles. The van der Waals surface area contributed by atoms with Crippen LogP contribution in [0, 0.1) is 5.82 Å². The summed E-state index contributed by atoms with van der Waals surface area (Å²) in [6, 6.07) is 8.27. The maximum absolute atomic E-state index is 13.8. The summed E-state index contributed by atoms with van der Waals surface area (Å²) in [4.78, 5) is 22.8. The Balaban J connectivity index is 2.26. The Morgan fingerprint density at radius 3 is 2.52 bits per heavy atom. The summed E-state index contributed by atoms with van der Waals surface area (Å²) in [5.41, 5.74) is 0.0560. The molecule has 0 bridgehead atoms. The zero-order valence-electron chi connectivity index (χ0n) is 10.4. The monoisotopic (exact) mass is 371 g/mol. The fourth-order valence-electron chi connectivity index (χ4n) is 1.64. The molecule has 7 heteroatoms. The van der Waals surface area contributed by atoms with Crippen LogP contribution in [0.2, 0.25) is 5.02 Å². The molecule has 0 aliphatic heterocycles. The van der Waals surface area contributed by atoms with Gasteiger partial charge in [-0.05, 0) is 46.3 Å². The highest BCUT2D eigenvalue weighted by Gasteiger charge is 2.15. The van der Waals surface area contributed by atoms with E-state index in [9.17, 15) is 14.0 Å². The maximum atomic E-state index is 13.8. The zero-order chi connectivity index (χ0) is 15.6. The quantitative estimate of drug-likeness (QED) is 0.849. The van der Waals surface area contributed by atoms with E-state index in [2.05, 4.69) is 21.2 Å². The van der Waals surface area contributed by atoms with Crippen molar-refractivity contribution in [2.45, 2.75) is 0 Å². The molecule has 0 saturated carbocycles. The Hall–Kier alpha value is -1.92. The first-order chi connectivity index (χ1) is 9.90. The molecule has 2 N–H and O–H groups in total. The molecule has 0 fully saturated rings. The van der Waals surface area contributed by atoms with Gasteiger partial charge in [-0.25, -0.2) is 9.18 Å². The number of rotatable bonds is 3. The first-order valence-electron chi connectivity index (χ1n) is 5.68. The molecule has 108 valence electrons. The van der Waals surface area contributed by atoms with Crippen LogP contribution in [0.1, 0.15) is 20.7 Å². The van der Waals surface area contributed by atoms with Crippen molar-refractivity contribution in [2.24, 2.45) is 0 Å². The highest BCUT2D eigenvalue weighted by molar-refractivity contribution is 9.10. The number of carboxylic acids is 1. The number of hydrogen-bond donors (Lipinski definition) is 2. The summed E-state index contributed by atoms with van der Waals surface area (Å²) in [5.74, 6) is -2.51. The normalized spacial score (nSPS) is 10.2. The molecular weight excluding hydrogens is 365 g/mol. The van der Waals surface area contributed by atoms with E-state index in [0.717, 1.165) is 0 Å². The number of carbonyl (C=O) groups excluding carboxylic acids is 1. The van der Waals surface area contributed by atoms with Crippen LogP contribution in [-0.4, -0.2) is 17.0 Å². The van der Waals surface area contributed by atoms with Gasteiger partial charge in [0.1, 0.15) is 5.82 Å². The molecule has 1 amide bonds. The molecule has 0 saturated heterocycles. The van der Waals surface area contributed by atoms with E-state index < -0.39 is 17.7 Å². The van der Waals surface area contributed by atoms with Crippen molar-refractivity contribution in [3.63, 3.8) is 0 Å². The molecule has 2 rings (SSSR count). The third-order valence-electron chi connectivity index (χ3n) is 2.65. The van der Waals surface area contributed by atoms with Crippen LogP contribution in [-0.2, 0) is 0 Å². The Bertz CT molecular complexity index is 736. The van der Waals surface area contributed by atoms with Gasteiger partial charge in [0.25, 0.3) is 5.91 Å². The predicted molar refractivity (Wildman–Crippen MR) is 80.5 cm³/mol.